The quantitative estimate of drug-likeness (QED) is 0.350. The molecule has 3 rings (SSSR count). The molecular formula is C26H33ClN2O9. The number of carbonyl (C=O) groups is 4. The second-order valence-corrected chi connectivity index (χ2v) is 9.59. The second-order valence-electron chi connectivity index (χ2n) is 9.21. The zero-order valence-corrected chi connectivity index (χ0v) is 22.8. The molecule has 0 aromatic heterocycles. The Hall–Kier alpha value is -3.15. The molecular weight excluding hydrogens is 520 g/mol. The predicted octanol–water partition coefficient (Wildman–Crippen LogP) is 2.81. The van der Waals surface area contributed by atoms with Crippen molar-refractivity contribution in [2.75, 3.05) is 20.8 Å². The number of carbonyl (C=O) groups excluding carboxylic acids is 4. The number of hydrazine groups is 1. The van der Waals surface area contributed by atoms with E-state index < -0.39 is 35.7 Å². The number of methoxy groups -OCH3 is 2. The van der Waals surface area contributed by atoms with Crippen LogP contribution in [0.4, 0.5) is 0 Å². The number of benzene rings is 1. The van der Waals surface area contributed by atoms with Crippen LogP contribution in [0.3, 0.4) is 0 Å². The van der Waals surface area contributed by atoms with Gasteiger partial charge in [-0.15, -0.1) is 0 Å². The van der Waals surface area contributed by atoms with Crippen molar-refractivity contribution in [3.63, 3.8) is 0 Å². The number of nitrogens with one attached hydrogen (secondary N) is 2. The number of ketones is 1. The number of ether oxygens (including phenoxy) is 5. The molecule has 208 valence electrons. The van der Waals surface area contributed by atoms with Gasteiger partial charge in [-0.1, -0.05) is 18.5 Å². The smallest absolute Gasteiger partial charge is 0.271 e. The number of hydrogen-bond donors (Lipinski definition) is 2. The van der Waals surface area contributed by atoms with E-state index in [2.05, 4.69) is 10.9 Å². The summed E-state index contributed by atoms with van der Waals surface area (Å²) in [5, 5.41) is -0.129. The van der Waals surface area contributed by atoms with E-state index in [1.54, 1.807) is 20.8 Å². The van der Waals surface area contributed by atoms with Gasteiger partial charge in [0.15, 0.2) is 24.1 Å². The average Bonchev–Trinajstić information content (AvgIpc) is 2.91. The Bertz CT molecular complexity index is 1120. The van der Waals surface area contributed by atoms with E-state index in [1.807, 2.05) is 0 Å². The Morgan fingerprint density at radius 2 is 1.97 bits per heavy atom. The normalized spacial score (nSPS) is 24.1. The van der Waals surface area contributed by atoms with Crippen molar-refractivity contribution < 1.29 is 42.9 Å². The number of amides is 2. The van der Waals surface area contributed by atoms with Gasteiger partial charge in [-0.2, -0.15) is 0 Å². The summed E-state index contributed by atoms with van der Waals surface area (Å²) in [6.07, 6.45) is 2.99. The van der Waals surface area contributed by atoms with Crippen LogP contribution in [0.1, 0.15) is 55.5 Å². The molecule has 0 spiro atoms. The topological polar surface area (TPSA) is 138 Å². The van der Waals surface area contributed by atoms with Gasteiger partial charge in [0.1, 0.15) is 17.6 Å². The molecule has 0 bridgehead atoms. The van der Waals surface area contributed by atoms with Gasteiger partial charge in [-0.25, -0.2) is 0 Å². The molecule has 1 saturated heterocycles. The molecule has 0 saturated carbocycles. The van der Waals surface area contributed by atoms with E-state index in [-0.39, 0.29) is 40.0 Å². The van der Waals surface area contributed by atoms with Crippen LogP contribution in [0.5, 0.6) is 11.5 Å². The van der Waals surface area contributed by atoms with Crippen molar-refractivity contribution in [3.8, 4) is 11.5 Å². The largest absolute Gasteiger partial charge is 0.496 e. The molecule has 1 aliphatic heterocycles. The lowest BCUT2D eigenvalue weighted by Crippen LogP contribution is -2.50. The Kier molecular flexibility index (Phi) is 9.75. The van der Waals surface area contributed by atoms with Crippen LogP contribution in [0.2, 0.25) is 5.02 Å². The number of aldehydes is 1. The fourth-order valence-electron chi connectivity index (χ4n) is 4.35. The number of hydrogen-bond acceptors (Lipinski definition) is 9. The average molecular weight is 553 g/mol. The zero-order valence-electron chi connectivity index (χ0n) is 22.1. The lowest BCUT2D eigenvalue weighted by atomic mass is 9.79. The fourth-order valence-corrected chi connectivity index (χ4v) is 4.67. The maximum absolute atomic E-state index is 13.0. The summed E-state index contributed by atoms with van der Waals surface area (Å²) in [6.45, 7) is 5.43. The van der Waals surface area contributed by atoms with Crippen LogP contribution in [-0.4, -0.2) is 62.7 Å². The van der Waals surface area contributed by atoms with Gasteiger partial charge in [0.05, 0.1) is 24.8 Å². The summed E-state index contributed by atoms with van der Waals surface area (Å²) in [7, 11) is 2.72. The first-order chi connectivity index (χ1) is 18.1. The fraction of sp³-hybridized carbons (Fsp3) is 0.538. The molecule has 2 N–H and O–H groups in total. The molecule has 1 fully saturated rings. The standard InChI is InChI=1S/C26H33ClN2O9/c1-14-10-17(31)11-20(35-5)26(14,13-30)38-23-15(2)19(34-4)12-18(22(23)27)25(33)29-28-24(32)16(3)37-21-8-6-7-9-36-21/h11-14,16,21H,6-10H2,1-5H3,(H,28,32)(H,29,33)/t14-,16+,21?,26+/m1/s1. The summed E-state index contributed by atoms with van der Waals surface area (Å²) < 4.78 is 28.0. The molecule has 2 aliphatic rings. The van der Waals surface area contributed by atoms with Gasteiger partial charge in [0.25, 0.3) is 11.8 Å². The molecule has 1 aromatic rings. The van der Waals surface area contributed by atoms with E-state index in [4.69, 9.17) is 35.3 Å². The van der Waals surface area contributed by atoms with Crippen molar-refractivity contribution in [1.82, 2.24) is 10.9 Å². The van der Waals surface area contributed by atoms with Crippen molar-refractivity contribution >= 4 is 35.5 Å². The van der Waals surface area contributed by atoms with Crippen molar-refractivity contribution in [2.45, 2.75) is 64.4 Å². The Balaban J connectivity index is 1.84. The third-order valence-corrected chi connectivity index (χ3v) is 7.01. The Labute approximate surface area is 226 Å². The van der Waals surface area contributed by atoms with Gasteiger partial charge in [-0.05, 0) is 39.2 Å². The first-order valence-electron chi connectivity index (χ1n) is 12.3. The molecule has 12 heteroatoms. The third kappa shape index (κ3) is 6.11. The first-order valence-corrected chi connectivity index (χ1v) is 12.6. The first kappa shape index (κ1) is 29.4. The van der Waals surface area contributed by atoms with Crippen molar-refractivity contribution in [1.29, 1.82) is 0 Å². The van der Waals surface area contributed by atoms with Crippen LogP contribution < -0.4 is 20.3 Å². The third-order valence-electron chi connectivity index (χ3n) is 6.63. The molecule has 11 nitrogen and oxygen atoms in total. The maximum Gasteiger partial charge on any atom is 0.271 e. The zero-order chi connectivity index (χ0) is 28.0. The highest BCUT2D eigenvalue weighted by Crippen LogP contribution is 2.44. The van der Waals surface area contributed by atoms with Gasteiger partial charge < -0.3 is 23.7 Å². The highest BCUT2D eigenvalue weighted by atomic mass is 35.5. The number of rotatable bonds is 9. The van der Waals surface area contributed by atoms with Crippen LogP contribution in [0.25, 0.3) is 0 Å². The Morgan fingerprint density at radius 1 is 1.24 bits per heavy atom. The molecule has 0 radical (unpaired) electrons. The van der Waals surface area contributed by atoms with Gasteiger partial charge in [-0.3, -0.25) is 30.0 Å². The number of allylic oxidation sites excluding steroid dienone is 1. The molecule has 1 unspecified atom stereocenters. The summed E-state index contributed by atoms with van der Waals surface area (Å²) in [6, 6.07) is 1.39. The number of halogens is 1. The second kappa shape index (κ2) is 12.6. The molecule has 38 heavy (non-hydrogen) atoms. The molecule has 2 amide bonds. The van der Waals surface area contributed by atoms with Crippen molar-refractivity contribution in [3.05, 3.63) is 34.1 Å². The van der Waals surface area contributed by atoms with Gasteiger partial charge in [0.2, 0.25) is 5.60 Å². The van der Waals surface area contributed by atoms with Crippen molar-refractivity contribution in [2.24, 2.45) is 5.92 Å². The highest BCUT2D eigenvalue weighted by Gasteiger charge is 2.48. The molecule has 4 atom stereocenters. The summed E-state index contributed by atoms with van der Waals surface area (Å²) in [5.74, 6) is -1.91. The van der Waals surface area contributed by atoms with Crippen LogP contribution in [0, 0.1) is 12.8 Å². The molecule has 1 aromatic carbocycles. The monoisotopic (exact) mass is 552 g/mol. The minimum atomic E-state index is -1.67. The maximum atomic E-state index is 13.0. The van der Waals surface area contributed by atoms with Crippen LogP contribution >= 0.6 is 11.6 Å². The summed E-state index contributed by atoms with van der Waals surface area (Å²) >= 11 is 6.61. The van der Waals surface area contributed by atoms with Crippen LogP contribution in [0.15, 0.2) is 17.9 Å². The molecule has 1 aliphatic carbocycles. The van der Waals surface area contributed by atoms with E-state index in [9.17, 15) is 19.2 Å². The van der Waals surface area contributed by atoms with Crippen LogP contribution in [-0.2, 0) is 28.6 Å². The minimum Gasteiger partial charge on any atom is -0.496 e. The SMILES string of the molecule is COC1=CC(=O)C[C@@H](C)[C@]1(C=O)Oc1c(C)c(OC)cc(C(=O)NNC(=O)[C@H](C)OC2CCCCO2)c1Cl. The van der Waals surface area contributed by atoms with E-state index in [0.717, 1.165) is 12.8 Å². The summed E-state index contributed by atoms with van der Waals surface area (Å²) in [5.41, 5.74) is 3.28. The van der Waals surface area contributed by atoms with Gasteiger partial charge >= 0.3 is 0 Å². The van der Waals surface area contributed by atoms with E-state index in [1.165, 1.54) is 26.4 Å². The van der Waals surface area contributed by atoms with E-state index >= 15 is 0 Å². The summed E-state index contributed by atoms with van der Waals surface area (Å²) in [4.78, 5) is 50.0. The predicted molar refractivity (Wildman–Crippen MR) is 136 cm³/mol. The Morgan fingerprint density at radius 3 is 2.58 bits per heavy atom. The van der Waals surface area contributed by atoms with Gasteiger partial charge in [0, 0.05) is 30.6 Å². The highest BCUT2D eigenvalue weighted by molar-refractivity contribution is 6.35. The lowest BCUT2D eigenvalue weighted by Gasteiger charge is -2.38. The molecule has 1 heterocycles. The lowest BCUT2D eigenvalue weighted by molar-refractivity contribution is -0.189. The van der Waals surface area contributed by atoms with E-state index in [0.29, 0.717) is 24.9 Å². The minimum absolute atomic E-state index is 0.00936.